The van der Waals surface area contributed by atoms with E-state index in [2.05, 4.69) is 58.2 Å². The standard InChI is InChI=1S/C35H39ClN4O3.C13H27NO.3C2H6/c1-8-20(3)31-23(12-11-15-27(31)37-33(41)26-19-39(5)29(9-2)40(6)35(26)42)24-13-10-14-25(32(24)36)28-18-22-17-16-21(4)30(22)34(38-28)43-7;1-6-11(5)8-9-12(7-2)14-13(15)10(3)4;3*1-2/h9-15,18-21H,8,16-17H2,1-7H3,(H,37,41);10-12H,6-9H2,1-5H3,(H,14,15);3*1-2H3/b29-9+;;;;/t;11-,12?;;;/m.1.../s1. The highest BCUT2D eigenvalue weighted by Gasteiger charge is 2.31. The van der Waals surface area contributed by atoms with Gasteiger partial charge in [-0.25, -0.2) is 4.98 Å². The fraction of sp³-hybridized carbons (Fsp3) is 0.556. The molecule has 1 aromatic heterocycles. The van der Waals surface area contributed by atoms with Gasteiger partial charge < -0.3 is 20.3 Å². The molecule has 0 fully saturated rings. The Morgan fingerprint density at radius 3 is 2.08 bits per heavy atom. The Labute approximate surface area is 393 Å². The highest BCUT2D eigenvalue weighted by Crippen LogP contribution is 2.45. The topological polar surface area (TPSA) is 104 Å². The number of rotatable bonds is 14. The molecular formula is C54H84ClN5O4. The third-order valence-corrected chi connectivity index (χ3v) is 12.2. The van der Waals surface area contributed by atoms with Gasteiger partial charge in [0.25, 0.3) is 11.8 Å². The Hall–Kier alpha value is -4.63. The lowest BCUT2D eigenvalue weighted by Gasteiger charge is -2.32. The molecule has 4 atom stereocenters. The van der Waals surface area contributed by atoms with Crippen LogP contribution in [0.1, 0.15) is 171 Å². The number of ether oxygens (including phenoxy) is 1. The molecule has 3 unspecified atom stereocenters. The van der Waals surface area contributed by atoms with Crippen LogP contribution in [0, 0.1) is 11.8 Å². The molecule has 0 radical (unpaired) electrons. The van der Waals surface area contributed by atoms with E-state index in [1.165, 1.54) is 28.9 Å². The van der Waals surface area contributed by atoms with Gasteiger partial charge in [0.15, 0.2) is 0 Å². The van der Waals surface area contributed by atoms with Crippen LogP contribution in [0.5, 0.6) is 5.88 Å². The third kappa shape index (κ3) is 14.7. The van der Waals surface area contributed by atoms with Gasteiger partial charge in [0, 0.05) is 54.6 Å². The van der Waals surface area contributed by atoms with Crippen molar-refractivity contribution in [3.8, 4) is 28.3 Å². The van der Waals surface area contributed by atoms with Crippen molar-refractivity contribution in [2.24, 2.45) is 11.8 Å². The zero-order valence-corrected chi connectivity index (χ0v) is 43.6. The molecule has 2 aromatic carbocycles. The van der Waals surface area contributed by atoms with Gasteiger partial charge in [-0.3, -0.25) is 19.3 Å². The normalized spacial score (nSPS) is 15.9. The first kappa shape index (κ1) is 57.4. The van der Waals surface area contributed by atoms with Gasteiger partial charge in [0.2, 0.25) is 11.8 Å². The number of nitrogens with zero attached hydrogens (tertiary/aromatic N) is 3. The van der Waals surface area contributed by atoms with Crippen molar-refractivity contribution in [1.29, 1.82) is 0 Å². The number of nitrogens with one attached hydrogen (secondary N) is 2. The maximum Gasteiger partial charge on any atom is 0.266 e. The second kappa shape index (κ2) is 29.0. The van der Waals surface area contributed by atoms with Gasteiger partial charge in [-0.05, 0) is 98.1 Å². The average molecular weight is 903 g/mol. The van der Waals surface area contributed by atoms with E-state index in [-0.39, 0.29) is 29.2 Å². The number of amides is 3. The fourth-order valence-corrected chi connectivity index (χ4v) is 8.05. The predicted molar refractivity (Wildman–Crippen MR) is 273 cm³/mol. The molecule has 1 aliphatic heterocycles. The number of likely N-dealkylation sites (N-methyl/N-ethyl adjacent to an activating group) is 1. The number of carbonyl (C=O) groups excluding carboxylic acids is 3. The zero-order valence-electron chi connectivity index (χ0n) is 42.9. The molecule has 0 saturated heterocycles. The van der Waals surface area contributed by atoms with Gasteiger partial charge in [0.05, 0.1) is 17.8 Å². The zero-order chi connectivity index (χ0) is 48.8. The van der Waals surface area contributed by atoms with Crippen LogP contribution < -0.4 is 15.4 Å². The number of hydrogen-bond acceptors (Lipinski definition) is 6. The Bertz CT molecular complexity index is 2010. The molecule has 10 heteroatoms. The monoisotopic (exact) mass is 902 g/mol. The molecule has 3 aromatic rings. The summed E-state index contributed by atoms with van der Waals surface area (Å²) in [5.41, 5.74) is 7.52. The summed E-state index contributed by atoms with van der Waals surface area (Å²) in [5, 5.41) is 6.74. The lowest BCUT2D eigenvalue weighted by molar-refractivity contribution is -0.128. The Balaban J connectivity index is 0.000000823. The van der Waals surface area contributed by atoms with Gasteiger partial charge in [-0.15, -0.1) is 0 Å². The summed E-state index contributed by atoms with van der Waals surface area (Å²) in [7, 11) is 5.15. The van der Waals surface area contributed by atoms with E-state index in [0.717, 1.165) is 66.0 Å². The van der Waals surface area contributed by atoms with Crippen LogP contribution in [0.15, 0.2) is 66.1 Å². The van der Waals surface area contributed by atoms with Crippen molar-refractivity contribution in [2.75, 3.05) is 26.5 Å². The first-order valence-corrected chi connectivity index (χ1v) is 24.5. The molecule has 2 aliphatic rings. The summed E-state index contributed by atoms with van der Waals surface area (Å²) < 4.78 is 5.71. The minimum absolute atomic E-state index is 0.0714. The number of carbonyl (C=O) groups is 3. The van der Waals surface area contributed by atoms with Crippen LogP contribution in [0.3, 0.4) is 0 Å². The van der Waals surface area contributed by atoms with E-state index in [9.17, 15) is 14.4 Å². The number of aryl methyl sites for hydroxylation is 1. The van der Waals surface area contributed by atoms with Crippen molar-refractivity contribution in [2.45, 2.75) is 167 Å². The Morgan fingerprint density at radius 1 is 0.906 bits per heavy atom. The Morgan fingerprint density at radius 2 is 1.52 bits per heavy atom. The number of anilines is 1. The van der Waals surface area contributed by atoms with Crippen LogP contribution in [0.25, 0.3) is 22.4 Å². The van der Waals surface area contributed by atoms with Crippen molar-refractivity contribution in [3.63, 3.8) is 0 Å². The van der Waals surface area contributed by atoms with Gasteiger partial charge in [-0.2, -0.15) is 0 Å². The fourth-order valence-electron chi connectivity index (χ4n) is 7.72. The average Bonchev–Trinajstić information content (AvgIpc) is 3.70. The molecule has 0 spiro atoms. The van der Waals surface area contributed by atoms with Crippen molar-refractivity contribution >= 4 is 35.0 Å². The first-order valence-electron chi connectivity index (χ1n) is 24.1. The quantitative estimate of drug-likeness (QED) is 0.156. The summed E-state index contributed by atoms with van der Waals surface area (Å²) in [4.78, 5) is 46.3. The number of methoxy groups -OCH3 is 1. The molecule has 356 valence electrons. The third-order valence-electron chi connectivity index (χ3n) is 11.8. The number of fused-ring (bicyclic) bond motifs is 1. The van der Waals surface area contributed by atoms with Gasteiger partial charge >= 0.3 is 0 Å². The van der Waals surface area contributed by atoms with Crippen LogP contribution in [0.4, 0.5) is 5.69 Å². The number of aromatic nitrogens is 1. The van der Waals surface area contributed by atoms with E-state index in [1.807, 2.05) is 112 Å². The molecule has 0 bridgehead atoms. The lowest BCUT2D eigenvalue weighted by atomic mass is 9.87. The summed E-state index contributed by atoms with van der Waals surface area (Å²) in [6, 6.07) is 14.3. The number of hydrogen-bond donors (Lipinski definition) is 2. The van der Waals surface area contributed by atoms with E-state index >= 15 is 0 Å². The molecule has 0 saturated carbocycles. The summed E-state index contributed by atoms with van der Waals surface area (Å²) in [5.74, 6) is 2.13. The Kier molecular flexibility index (Phi) is 26.0. The van der Waals surface area contributed by atoms with Crippen molar-refractivity contribution < 1.29 is 19.1 Å². The number of halogens is 1. The molecule has 9 nitrogen and oxygen atoms in total. The maximum absolute atomic E-state index is 13.5. The molecule has 3 amide bonds. The van der Waals surface area contributed by atoms with Gasteiger partial charge in [0.1, 0.15) is 11.4 Å². The first-order chi connectivity index (χ1) is 30.6. The second-order valence-electron chi connectivity index (χ2n) is 16.3. The van der Waals surface area contributed by atoms with Crippen LogP contribution in [0.2, 0.25) is 5.02 Å². The van der Waals surface area contributed by atoms with Crippen LogP contribution in [-0.2, 0) is 20.8 Å². The van der Waals surface area contributed by atoms with Gasteiger partial charge in [-0.1, -0.05) is 145 Å². The molecule has 2 heterocycles. The predicted octanol–water partition coefficient (Wildman–Crippen LogP) is 14.2. The molecule has 5 rings (SSSR count). The molecule has 2 N–H and O–H groups in total. The molecular weight excluding hydrogens is 818 g/mol. The summed E-state index contributed by atoms with van der Waals surface area (Å²) in [6.07, 6.45) is 10.9. The van der Waals surface area contributed by atoms with E-state index in [1.54, 1.807) is 25.3 Å². The second-order valence-corrected chi connectivity index (χ2v) is 16.6. The minimum Gasteiger partial charge on any atom is -0.481 e. The van der Waals surface area contributed by atoms with Crippen LogP contribution >= 0.6 is 11.6 Å². The largest absolute Gasteiger partial charge is 0.481 e. The summed E-state index contributed by atoms with van der Waals surface area (Å²) in [6.45, 7) is 30.8. The lowest BCUT2D eigenvalue weighted by Crippen LogP contribution is -2.41. The summed E-state index contributed by atoms with van der Waals surface area (Å²) >= 11 is 7.19. The van der Waals surface area contributed by atoms with Crippen LogP contribution in [-0.4, -0.2) is 59.8 Å². The number of benzene rings is 2. The maximum atomic E-state index is 13.5. The highest BCUT2D eigenvalue weighted by molar-refractivity contribution is 6.36. The van der Waals surface area contributed by atoms with Crippen molar-refractivity contribution in [3.05, 3.63) is 87.8 Å². The van der Waals surface area contributed by atoms with E-state index in [0.29, 0.717) is 34.4 Å². The number of allylic oxidation sites excluding steroid dienone is 1. The number of pyridine rings is 1. The highest BCUT2D eigenvalue weighted by atomic mass is 35.5. The van der Waals surface area contributed by atoms with E-state index in [4.69, 9.17) is 21.3 Å². The van der Waals surface area contributed by atoms with Crippen molar-refractivity contribution in [1.82, 2.24) is 20.1 Å². The SMILES string of the molecule is C/C=C1\N(C)C=C(C(=O)Nc2cccc(-c3cccc(-c4cc5c(c(OC)n4)C(C)CC5)c3Cl)c2C(C)CC)C(=O)N1C.CC.CC.CC.CCC(CC[C@H](C)CC)NC(=O)C(C)C. The minimum atomic E-state index is -0.455. The molecule has 64 heavy (non-hydrogen) atoms. The van der Waals surface area contributed by atoms with E-state index < -0.39 is 5.91 Å². The smallest absolute Gasteiger partial charge is 0.266 e. The molecule has 1 aliphatic carbocycles.